The second kappa shape index (κ2) is 7.90. The van der Waals surface area contributed by atoms with Crippen molar-refractivity contribution in [1.82, 2.24) is 9.29 Å². The molecule has 2 aliphatic rings. The van der Waals surface area contributed by atoms with Crippen LogP contribution < -0.4 is 4.74 Å². The number of sulfonamides is 1. The molecule has 5 rings (SSSR count). The second-order valence-electron chi connectivity index (χ2n) is 7.93. The summed E-state index contributed by atoms with van der Waals surface area (Å²) in [5.41, 5.74) is 2.77. The van der Waals surface area contributed by atoms with Gasteiger partial charge in [-0.05, 0) is 73.9 Å². The van der Waals surface area contributed by atoms with E-state index in [2.05, 4.69) is 4.98 Å². The van der Waals surface area contributed by atoms with Crippen molar-refractivity contribution in [2.24, 2.45) is 0 Å². The Bertz CT molecular complexity index is 1180. The molecule has 0 atom stereocenters. The Labute approximate surface area is 179 Å². The zero-order valence-corrected chi connectivity index (χ0v) is 18.1. The first-order valence-corrected chi connectivity index (χ1v) is 12.6. The highest BCUT2D eigenvalue weighted by atomic mass is 32.2. The molecule has 0 bridgehead atoms. The van der Waals surface area contributed by atoms with Crippen molar-refractivity contribution in [2.75, 3.05) is 13.1 Å². The minimum atomic E-state index is -3.50. The van der Waals surface area contributed by atoms with Gasteiger partial charge in [0, 0.05) is 13.1 Å². The molecular formula is C22H23FN2O3S2. The van der Waals surface area contributed by atoms with Gasteiger partial charge in [0.1, 0.15) is 17.4 Å². The molecular weight excluding hydrogens is 423 g/mol. The number of aryl methyl sites for hydroxylation is 2. The lowest BCUT2D eigenvalue weighted by atomic mass is 9.92. The fourth-order valence-corrected chi connectivity index (χ4v) is 6.71. The third-order valence-corrected chi connectivity index (χ3v) is 8.78. The Morgan fingerprint density at radius 1 is 1.07 bits per heavy atom. The average Bonchev–Trinajstić information content (AvgIpc) is 3.18. The number of rotatable bonds is 4. The highest BCUT2D eigenvalue weighted by Gasteiger charge is 2.31. The number of halogens is 1. The van der Waals surface area contributed by atoms with Crippen LogP contribution in [0.25, 0.3) is 10.2 Å². The molecule has 1 aliphatic heterocycles. The number of fused-ring (bicyclic) bond motifs is 2. The maximum absolute atomic E-state index is 13.8. The number of thiazole rings is 1. The number of piperidine rings is 1. The SMILES string of the molecule is O=S(=O)(c1ccc2c(c1)CCCC2)N1CCC(Oc2nc3c(F)cccc3s2)CC1. The van der Waals surface area contributed by atoms with Crippen LogP contribution in [0.3, 0.4) is 0 Å². The van der Waals surface area contributed by atoms with E-state index >= 15 is 0 Å². The molecule has 0 unspecified atom stereocenters. The number of benzene rings is 2. The minimum Gasteiger partial charge on any atom is -0.467 e. The van der Waals surface area contributed by atoms with Gasteiger partial charge in [-0.1, -0.05) is 23.5 Å². The molecule has 2 aromatic carbocycles. The molecule has 158 valence electrons. The zero-order valence-electron chi connectivity index (χ0n) is 16.5. The van der Waals surface area contributed by atoms with Crippen LogP contribution in [-0.4, -0.2) is 36.9 Å². The average molecular weight is 447 g/mol. The van der Waals surface area contributed by atoms with E-state index in [-0.39, 0.29) is 11.9 Å². The van der Waals surface area contributed by atoms with Crippen LogP contribution in [0.2, 0.25) is 0 Å². The predicted octanol–water partition coefficient (Wildman–Crippen LogP) is 4.55. The summed E-state index contributed by atoms with van der Waals surface area (Å²) in [5.74, 6) is -0.357. The third kappa shape index (κ3) is 3.72. The summed E-state index contributed by atoms with van der Waals surface area (Å²) in [6, 6.07) is 10.4. The van der Waals surface area contributed by atoms with Gasteiger partial charge in [-0.25, -0.2) is 12.8 Å². The Kier molecular flexibility index (Phi) is 5.24. The smallest absolute Gasteiger partial charge is 0.274 e. The minimum absolute atomic E-state index is 0.122. The van der Waals surface area contributed by atoms with E-state index in [0.717, 1.165) is 24.0 Å². The molecule has 0 saturated carbocycles. The van der Waals surface area contributed by atoms with Gasteiger partial charge in [0.05, 0.1) is 9.60 Å². The molecule has 1 aliphatic carbocycles. The zero-order chi connectivity index (χ0) is 20.7. The maximum atomic E-state index is 13.8. The quantitative estimate of drug-likeness (QED) is 0.590. The van der Waals surface area contributed by atoms with Gasteiger partial charge in [0.25, 0.3) is 5.19 Å². The van der Waals surface area contributed by atoms with E-state index in [1.165, 1.54) is 35.0 Å². The molecule has 1 aromatic heterocycles. The number of ether oxygens (including phenoxy) is 1. The van der Waals surface area contributed by atoms with Gasteiger partial charge in [-0.2, -0.15) is 9.29 Å². The van der Waals surface area contributed by atoms with Crippen molar-refractivity contribution in [1.29, 1.82) is 0 Å². The standard InChI is InChI=1S/C22H23FN2O3S2/c23-19-6-3-7-20-21(19)24-22(29-20)28-17-10-12-25(13-11-17)30(26,27)18-9-8-15-4-1-2-5-16(15)14-18/h3,6-9,14,17H,1-2,4-5,10-13H2. The van der Waals surface area contributed by atoms with Gasteiger partial charge >= 0.3 is 0 Å². The first-order valence-electron chi connectivity index (χ1n) is 10.3. The molecule has 8 heteroatoms. The molecule has 30 heavy (non-hydrogen) atoms. The number of aromatic nitrogens is 1. The van der Waals surface area contributed by atoms with Crippen molar-refractivity contribution >= 4 is 31.6 Å². The Morgan fingerprint density at radius 2 is 1.83 bits per heavy atom. The Balaban J connectivity index is 1.26. The first kappa shape index (κ1) is 19.9. The molecule has 0 spiro atoms. The van der Waals surface area contributed by atoms with Crippen LogP contribution in [0.1, 0.15) is 36.8 Å². The molecule has 1 saturated heterocycles. The third-order valence-electron chi connectivity index (χ3n) is 5.98. The van der Waals surface area contributed by atoms with Crippen LogP contribution >= 0.6 is 11.3 Å². The van der Waals surface area contributed by atoms with Gasteiger partial charge in [0.15, 0.2) is 0 Å². The summed E-state index contributed by atoms with van der Waals surface area (Å²) in [5, 5.41) is 0.436. The highest BCUT2D eigenvalue weighted by molar-refractivity contribution is 7.89. The Hall–Kier alpha value is -2.03. The second-order valence-corrected chi connectivity index (χ2v) is 10.9. The Morgan fingerprint density at radius 3 is 2.60 bits per heavy atom. The molecule has 1 fully saturated rings. The number of hydrogen-bond acceptors (Lipinski definition) is 5. The normalized spacial score (nSPS) is 18.4. The summed E-state index contributed by atoms with van der Waals surface area (Å²) in [7, 11) is -3.50. The number of nitrogens with zero attached hydrogens (tertiary/aromatic N) is 2. The maximum Gasteiger partial charge on any atom is 0.274 e. The van der Waals surface area contributed by atoms with Crippen molar-refractivity contribution in [3.63, 3.8) is 0 Å². The van der Waals surface area contributed by atoms with Crippen molar-refractivity contribution in [3.8, 4) is 5.19 Å². The van der Waals surface area contributed by atoms with Gasteiger partial charge in [-0.15, -0.1) is 0 Å². The van der Waals surface area contributed by atoms with Gasteiger partial charge < -0.3 is 4.74 Å². The van der Waals surface area contributed by atoms with E-state index in [1.807, 2.05) is 18.2 Å². The van der Waals surface area contributed by atoms with Crippen molar-refractivity contribution in [3.05, 3.63) is 53.3 Å². The first-order chi connectivity index (χ1) is 14.5. The van der Waals surface area contributed by atoms with E-state index in [4.69, 9.17) is 4.74 Å². The molecule has 2 heterocycles. The van der Waals surface area contributed by atoms with E-state index in [9.17, 15) is 12.8 Å². The number of hydrogen-bond donors (Lipinski definition) is 0. The lowest BCUT2D eigenvalue weighted by Gasteiger charge is -2.31. The van der Waals surface area contributed by atoms with Crippen molar-refractivity contribution in [2.45, 2.75) is 49.5 Å². The van der Waals surface area contributed by atoms with Crippen LogP contribution in [-0.2, 0) is 22.9 Å². The highest BCUT2D eigenvalue weighted by Crippen LogP contribution is 2.32. The van der Waals surface area contributed by atoms with Gasteiger partial charge in [-0.3, -0.25) is 0 Å². The molecule has 0 N–H and O–H groups in total. The fourth-order valence-electron chi connectivity index (χ4n) is 4.30. The summed E-state index contributed by atoms with van der Waals surface area (Å²) in [4.78, 5) is 4.64. The van der Waals surface area contributed by atoms with E-state index in [1.54, 1.807) is 16.4 Å². The van der Waals surface area contributed by atoms with Crippen LogP contribution in [0.5, 0.6) is 5.19 Å². The van der Waals surface area contributed by atoms with E-state index < -0.39 is 10.0 Å². The van der Waals surface area contributed by atoms with Crippen LogP contribution in [0.15, 0.2) is 41.3 Å². The predicted molar refractivity (Wildman–Crippen MR) is 115 cm³/mol. The lowest BCUT2D eigenvalue weighted by molar-refractivity contribution is 0.135. The fraction of sp³-hybridized carbons (Fsp3) is 0.409. The van der Waals surface area contributed by atoms with Crippen molar-refractivity contribution < 1.29 is 17.5 Å². The molecule has 3 aromatic rings. The largest absolute Gasteiger partial charge is 0.467 e. The molecule has 5 nitrogen and oxygen atoms in total. The topological polar surface area (TPSA) is 59.5 Å². The van der Waals surface area contributed by atoms with E-state index in [0.29, 0.717) is 41.5 Å². The molecule has 0 radical (unpaired) electrons. The summed E-state index contributed by atoms with van der Waals surface area (Å²) >= 11 is 1.32. The van der Waals surface area contributed by atoms with Crippen LogP contribution in [0.4, 0.5) is 4.39 Å². The lowest BCUT2D eigenvalue weighted by Crippen LogP contribution is -2.41. The summed E-state index contributed by atoms with van der Waals surface area (Å²) in [6.07, 6.45) is 5.34. The summed E-state index contributed by atoms with van der Waals surface area (Å²) < 4.78 is 48.3. The molecule has 0 amide bonds. The van der Waals surface area contributed by atoms with Crippen LogP contribution in [0, 0.1) is 5.82 Å². The summed E-state index contributed by atoms with van der Waals surface area (Å²) in [6.45, 7) is 0.812. The monoisotopic (exact) mass is 446 g/mol. The van der Waals surface area contributed by atoms with Gasteiger partial charge in [0.2, 0.25) is 10.0 Å². The number of para-hydroxylation sites is 1.